The Bertz CT molecular complexity index is 363. The Morgan fingerprint density at radius 3 is 1.85 bits per heavy atom. The van der Waals surface area contributed by atoms with Crippen molar-refractivity contribution in [3.8, 4) is 0 Å². The lowest BCUT2D eigenvalue weighted by Crippen LogP contribution is -2.38. The molecule has 4 heteroatoms. The van der Waals surface area contributed by atoms with Gasteiger partial charge in [-0.1, -0.05) is 6.42 Å². The maximum absolute atomic E-state index is 10.1. The number of carbonyl (C=O) groups excluding carboxylic acids is 2. The van der Waals surface area contributed by atoms with Crippen LogP contribution in [-0.4, -0.2) is 25.2 Å². The zero-order chi connectivity index (χ0) is 14.2. The van der Waals surface area contributed by atoms with E-state index in [4.69, 9.17) is 0 Å². The standard InChI is InChI=1S/C16H24N2O2/c19-11-17-7-1-3-14-9-13-5-6-16(14)15(10-13)4-2-8-18-12-20/h13-16H,1-10H2. The number of nitrogens with zero attached hydrogens (tertiary/aromatic N) is 2. The van der Waals surface area contributed by atoms with Gasteiger partial charge in [-0.25, -0.2) is 19.6 Å². The summed E-state index contributed by atoms with van der Waals surface area (Å²) in [6.45, 7) is 1.27. The summed E-state index contributed by atoms with van der Waals surface area (Å²) in [5.74, 6) is 3.40. The van der Waals surface area contributed by atoms with Crippen molar-refractivity contribution in [2.24, 2.45) is 33.7 Å². The number of fused-ring (bicyclic) bond motifs is 3. The average molecular weight is 276 g/mol. The van der Waals surface area contributed by atoms with Crippen molar-refractivity contribution in [2.45, 2.75) is 51.4 Å². The summed E-state index contributed by atoms with van der Waals surface area (Å²) in [6, 6.07) is 0. The Morgan fingerprint density at radius 1 is 0.850 bits per heavy atom. The van der Waals surface area contributed by atoms with Crippen LogP contribution in [0.5, 0.6) is 0 Å². The third-order valence-corrected chi connectivity index (χ3v) is 5.21. The van der Waals surface area contributed by atoms with Crippen LogP contribution in [0.3, 0.4) is 0 Å². The molecule has 110 valence electrons. The first-order chi connectivity index (χ1) is 9.85. The lowest BCUT2D eigenvalue weighted by Gasteiger charge is -2.48. The largest absolute Gasteiger partial charge is 0.234 e. The first kappa shape index (κ1) is 15.2. The van der Waals surface area contributed by atoms with E-state index in [1.54, 1.807) is 12.2 Å². The van der Waals surface area contributed by atoms with Crippen LogP contribution in [0.2, 0.25) is 0 Å². The van der Waals surface area contributed by atoms with Crippen LogP contribution < -0.4 is 0 Å². The number of isocyanates is 2. The number of hydrogen-bond donors (Lipinski definition) is 0. The van der Waals surface area contributed by atoms with Crippen molar-refractivity contribution in [1.82, 2.24) is 0 Å². The second-order valence-corrected chi connectivity index (χ2v) is 6.33. The van der Waals surface area contributed by atoms with Crippen LogP contribution in [0.25, 0.3) is 0 Å². The van der Waals surface area contributed by atoms with E-state index in [1.807, 2.05) is 0 Å². The lowest BCUT2D eigenvalue weighted by atomic mass is 9.58. The molecular formula is C16H24N2O2. The molecular weight excluding hydrogens is 252 g/mol. The van der Waals surface area contributed by atoms with Crippen molar-refractivity contribution in [3.05, 3.63) is 0 Å². The Labute approximate surface area is 120 Å². The minimum absolute atomic E-state index is 0.635. The van der Waals surface area contributed by atoms with E-state index >= 15 is 0 Å². The number of rotatable bonds is 8. The molecule has 0 aromatic heterocycles. The Morgan fingerprint density at radius 2 is 1.40 bits per heavy atom. The third-order valence-electron chi connectivity index (χ3n) is 5.21. The highest BCUT2D eigenvalue weighted by Crippen LogP contribution is 2.51. The summed E-state index contributed by atoms with van der Waals surface area (Å²) in [5, 5.41) is 0. The smallest absolute Gasteiger partial charge is 0.211 e. The minimum atomic E-state index is 0.635. The fourth-order valence-electron chi connectivity index (χ4n) is 4.44. The molecule has 0 saturated heterocycles. The molecule has 0 spiro atoms. The van der Waals surface area contributed by atoms with E-state index in [2.05, 4.69) is 9.98 Å². The van der Waals surface area contributed by atoms with Gasteiger partial charge in [0.05, 0.1) is 13.1 Å². The van der Waals surface area contributed by atoms with Crippen LogP contribution in [0, 0.1) is 23.7 Å². The summed E-state index contributed by atoms with van der Waals surface area (Å²) in [6.07, 6.45) is 13.2. The number of aliphatic imine (C=N–C) groups is 2. The van der Waals surface area contributed by atoms with Gasteiger partial charge in [-0.3, -0.25) is 0 Å². The van der Waals surface area contributed by atoms with Gasteiger partial charge in [-0.05, 0) is 68.6 Å². The highest BCUT2D eigenvalue weighted by atomic mass is 16.1. The predicted octanol–water partition coefficient (Wildman–Crippen LogP) is 3.27. The molecule has 0 aliphatic heterocycles. The summed E-state index contributed by atoms with van der Waals surface area (Å²) in [7, 11) is 0. The normalized spacial score (nSPS) is 31.4. The first-order valence-electron chi connectivity index (χ1n) is 7.92. The molecule has 2 bridgehead atoms. The van der Waals surface area contributed by atoms with Crippen molar-refractivity contribution in [2.75, 3.05) is 13.1 Å². The highest BCUT2D eigenvalue weighted by molar-refractivity contribution is 5.32. The Kier molecular flexibility index (Phi) is 6.17. The number of hydrogen-bond acceptors (Lipinski definition) is 4. The first-order valence-corrected chi connectivity index (χ1v) is 7.92. The van der Waals surface area contributed by atoms with Gasteiger partial charge in [0.15, 0.2) is 0 Å². The second kappa shape index (κ2) is 8.14. The summed E-state index contributed by atoms with van der Waals surface area (Å²) in [5.41, 5.74) is 0. The van der Waals surface area contributed by atoms with Gasteiger partial charge in [0, 0.05) is 0 Å². The molecule has 20 heavy (non-hydrogen) atoms. The molecule has 3 saturated carbocycles. The molecule has 2 unspecified atom stereocenters. The molecule has 0 amide bonds. The monoisotopic (exact) mass is 276 g/mol. The minimum Gasteiger partial charge on any atom is -0.211 e. The highest BCUT2D eigenvalue weighted by Gasteiger charge is 2.40. The van der Waals surface area contributed by atoms with Crippen LogP contribution in [0.1, 0.15) is 51.4 Å². The fourth-order valence-corrected chi connectivity index (χ4v) is 4.44. The van der Waals surface area contributed by atoms with E-state index < -0.39 is 0 Å². The molecule has 0 aromatic rings. The van der Waals surface area contributed by atoms with Crippen molar-refractivity contribution >= 4 is 12.2 Å². The van der Waals surface area contributed by atoms with E-state index in [1.165, 1.54) is 38.5 Å². The molecule has 3 rings (SSSR count). The maximum atomic E-state index is 10.1. The van der Waals surface area contributed by atoms with Gasteiger partial charge in [0.25, 0.3) is 0 Å². The molecule has 4 nitrogen and oxygen atoms in total. The molecule has 0 N–H and O–H groups in total. The van der Waals surface area contributed by atoms with E-state index in [9.17, 15) is 9.59 Å². The van der Waals surface area contributed by atoms with Crippen LogP contribution in [0.4, 0.5) is 0 Å². The summed E-state index contributed by atoms with van der Waals surface area (Å²) in [4.78, 5) is 27.5. The van der Waals surface area contributed by atoms with Crippen LogP contribution in [-0.2, 0) is 9.59 Å². The molecule has 3 aliphatic carbocycles. The molecule has 0 heterocycles. The van der Waals surface area contributed by atoms with Gasteiger partial charge in [-0.2, -0.15) is 0 Å². The van der Waals surface area contributed by atoms with Crippen LogP contribution >= 0.6 is 0 Å². The van der Waals surface area contributed by atoms with E-state index in [-0.39, 0.29) is 0 Å². The summed E-state index contributed by atoms with van der Waals surface area (Å²) >= 11 is 0. The third kappa shape index (κ3) is 4.13. The molecule has 2 atom stereocenters. The maximum Gasteiger partial charge on any atom is 0.234 e. The van der Waals surface area contributed by atoms with Crippen molar-refractivity contribution < 1.29 is 9.59 Å². The lowest BCUT2D eigenvalue weighted by molar-refractivity contribution is 0.0264. The fraction of sp³-hybridized carbons (Fsp3) is 0.875. The Hall–Kier alpha value is -1.24. The average Bonchev–Trinajstić information content (AvgIpc) is 2.49. The van der Waals surface area contributed by atoms with Crippen molar-refractivity contribution in [3.63, 3.8) is 0 Å². The zero-order valence-electron chi connectivity index (χ0n) is 12.1. The summed E-state index contributed by atoms with van der Waals surface area (Å²) < 4.78 is 0. The van der Waals surface area contributed by atoms with Crippen molar-refractivity contribution in [1.29, 1.82) is 0 Å². The molecule has 0 radical (unpaired) electrons. The van der Waals surface area contributed by atoms with E-state index in [0.29, 0.717) is 13.1 Å². The molecule has 0 aromatic carbocycles. The van der Waals surface area contributed by atoms with Gasteiger partial charge >= 0.3 is 0 Å². The van der Waals surface area contributed by atoms with Crippen LogP contribution in [0.15, 0.2) is 9.98 Å². The second-order valence-electron chi connectivity index (χ2n) is 6.33. The topological polar surface area (TPSA) is 58.9 Å². The molecule has 3 fully saturated rings. The Balaban J connectivity index is 1.79. The zero-order valence-corrected chi connectivity index (χ0v) is 12.1. The predicted molar refractivity (Wildman–Crippen MR) is 76.9 cm³/mol. The van der Waals surface area contributed by atoms with Gasteiger partial charge in [0.2, 0.25) is 12.2 Å². The van der Waals surface area contributed by atoms with Gasteiger partial charge in [-0.15, -0.1) is 0 Å². The molecule has 3 aliphatic rings. The van der Waals surface area contributed by atoms with Gasteiger partial charge < -0.3 is 0 Å². The SMILES string of the molecule is O=C=NCCCC1CC2CCC1C(CCCN=C=O)C2. The van der Waals surface area contributed by atoms with E-state index in [0.717, 1.165) is 36.5 Å². The van der Waals surface area contributed by atoms with Gasteiger partial charge in [0.1, 0.15) is 0 Å². The quantitative estimate of drug-likeness (QED) is 0.388.